The first-order valence-corrected chi connectivity index (χ1v) is 6.85. The van der Waals surface area contributed by atoms with E-state index in [0.29, 0.717) is 0 Å². The van der Waals surface area contributed by atoms with Gasteiger partial charge in [-0.1, -0.05) is 37.1 Å². The van der Waals surface area contributed by atoms with E-state index in [0.717, 1.165) is 25.6 Å². The maximum atomic E-state index is 5.77. The van der Waals surface area contributed by atoms with E-state index in [1.54, 1.807) is 0 Å². The lowest BCUT2D eigenvalue weighted by molar-refractivity contribution is 0.0277. The molecule has 0 amide bonds. The fourth-order valence-corrected chi connectivity index (χ4v) is 3.02. The minimum Gasteiger partial charge on any atom is -0.371 e. The van der Waals surface area contributed by atoms with Crippen molar-refractivity contribution in [3.63, 3.8) is 0 Å². The summed E-state index contributed by atoms with van der Waals surface area (Å²) in [7, 11) is 0. The van der Waals surface area contributed by atoms with Crippen LogP contribution in [0.4, 0.5) is 0 Å². The van der Waals surface area contributed by atoms with Gasteiger partial charge in [0.25, 0.3) is 0 Å². The van der Waals surface area contributed by atoms with Crippen molar-refractivity contribution >= 4 is 0 Å². The molecule has 1 aliphatic heterocycles. The van der Waals surface area contributed by atoms with E-state index in [4.69, 9.17) is 4.74 Å². The van der Waals surface area contributed by atoms with Gasteiger partial charge in [0.15, 0.2) is 0 Å². The van der Waals surface area contributed by atoms with Crippen LogP contribution in [0, 0.1) is 0 Å². The van der Waals surface area contributed by atoms with Gasteiger partial charge in [-0.3, -0.25) is 0 Å². The molecule has 2 fully saturated rings. The second kappa shape index (κ2) is 5.19. The summed E-state index contributed by atoms with van der Waals surface area (Å²) >= 11 is 0. The number of benzene rings is 1. The van der Waals surface area contributed by atoms with Gasteiger partial charge in [-0.25, -0.2) is 0 Å². The normalized spacial score (nSPS) is 26.2. The second-order valence-electron chi connectivity index (χ2n) is 5.21. The van der Waals surface area contributed by atoms with E-state index >= 15 is 0 Å². The van der Waals surface area contributed by atoms with Crippen LogP contribution in [-0.2, 0) is 4.74 Å². The molecule has 1 aromatic carbocycles. The molecule has 1 aliphatic carbocycles. The SMILES string of the molecule is c1cc(C2CNCCO2)ccc1C1CCCC1. The average Bonchev–Trinajstić information content (AvgIpc) is 2.94. The Bertz CT molecular complexity index is 348. The van der Waals surface area contributed by atoms with Crippen molar-refractivity contribution in [3.05, 3.63) is 35.4 Å². The number of hydrogen-bond donors (Lipinski definition) is 1. The minimum atomic E-state index is 0.251. The highest BCUT2D eigenvalue weighted by atomic mass is 16.5. The molecule has 2 aliphatic rings. The Morgan fingerprint density at radius 3 is 2.35 bits per heavy atom. The first-order chi connectivity index (χ1) is 8.43. The van der Waals surface area contributed by atoms with Crippen molar-refractivity contribution in [3.8, 4) is 0 Å². The first-order valence-electron chi connectivity index (χ1n) is 6.85. The second-order valence-corrected chi connectivity index (χ2v) is 5.21. The van der Waals surface area contributed by atoms with Crippen LogP contribution in [0.3, 0.4) is 0 Å². The van der Waals surface area contributed by atoms with Gasteiger partial charge >= 0.3 is 0 Å². The van der Waals surface area contributed by atoms with Gasteiger partial charge in [0.05, 0.1) is 12.7 Å². The fourth-order valence-electron chi connectivity index (χ4n) is 3.02. The smallest absolute Gasteiger partial charge is 0.0949 e. The van der Waals surface area contributed by atoms with E-state index < -0.39 is 0 Å². The monoisotopic (exact) mass is 231 g/mol. The summed E-state index contributed by atoms with van der Waals surface area (Å²) in [5.74, 6) is 0.814. The summed E-state index contributed by atoms with van der Waals surface area (Å²) in [6.45, 7) is 2.76. The maximum Gasteiger partial charge on any atom is 0.0949 e. The highest BCUT2D eigenvalue weighted by Gasteiger charge is 2.19. The number of ether oxygens (including phenoxy) is 1. The van der Waals surface area contributed by atoms with Crippen LogP contribution in [-0.4, -0.2) is 19.7 Å². The van der Waals surface area contributed by atoms with Gasteiger partial charge in [-0.05, 0) is 29.9 Å². The molecule has 1 aromatic rings. The molecule has 3 rings (SSSR count). The van der Waals surface area contributed by atoms with Crippen LogP contribution in [0.2, 0.25) is 0 Å². The van der Waals surface area contributed by atoms with E-state index in [1.165, 1.54) is 36.8 Å². The molecule has 1 unspecified atom stereocenters. The molecule has 0 aromatic heterocycles. The highest BCUT2D eigenvalue weighted by molar-refractivity contribution is 5.27. The Morgan fingerprint density at radius 2 is 1.71 bits per heavy atom. The van der Waals surface area contributed by atoms with Gasteiger partial charge in [0.2, 0.25) is 0 Å². The Labute approximate surface area is 103 Å². The molecule has 1 saturated carbocycles. The van der Waals surface area contributed by atoms with Crippen LogP contribution < -0.4 is 5.32 Å². The van der Waals surface area contributed by atoms with Crippen molar-refractivity contribution in [1.82, 2.24) is 5.32 Å². The van der Waals surface area contributed by atoms with Gasteiger partial charge in [-0.15, -0.1) is 0 Å². The lowest BCUT2D eigenvalue weighted by Gasteiger charge is -2.24. The Hall–Kier alpha value is -0.860. The summed E-state index contributed by atoms with van der Waals surface area (Å²) < 4.78 is 5.77. The largest absolute Gasteiger partial charge is 0.371 e. The Morgan fingerprint density at radius 1 is 1.00 bits per heavy atom. The Kier molecular flexibility index (Phi) is 3.44. The minimum absolute atomic E-state index is 0.251. The first kappa shape index (κ1) is 11.2. The molecule has 1 N–H and O–H groups in total. The lowest BCUT2D eigenvalue weighted by Crippen LogP contribution is -2.33. The summed E-state index contributed by atoms with van der Waals surface area (Å²) in [5.41, 5.74) is 2.84. The van der Waals surface area contributed by atoms with E-state index in [9.17, 15) is 0 Å². The quantitative estimate of drug-likeness (QED) is 0.845. The van der Waals surface area contributed by atoms with Crippen LogP contribution >= 0.6 is 0 Å². The fraction of sp³-hybridized carbons (Fsp3) is 0.600. The molecule has 0 bridgehead atoms. The van der Waals surface area contributed by atoms with Crippen molar-refractivity contribution in [2.24, 2.45) is 0 Å². The Balaban J connectivity index is 1.70. The van der Waals surface area contributed by atoms with Crippen molar-refractivity contribution in [2.75, 3.05) is 19.7 Å². The predicted octanol–water partition coefficient (Wildman–Crippen LogP) is 3.01. The topological polar surface area (TPSA) is 21.3 Å². The van der Waals surface area contributed by atoms with Crippen LogP contribution in [0.15, 0.2) is 24.3 Å². The standard InChI is InChI=1S/C15H21NO/c1-2-4-12(3-1)13-5-7-14(8-6-13)15-11-16-9-10-17-15/h5-8,12,15-16H,1-4,9-11H2. The molecule has 1 saturated heterocycles. The van der Waals surface area contributed by atoms with Crippen molar-refractivity contribution in [2.45, 2.75) is 37.7 Å². The van der Waals surface area contributed by atoms with Crippen LogP contribution in [0.5, 0.6) is 0 Å². The van der Waals surface area contributed by atoms with E-state index in [1.807, 2.05) is 0 Å². The predicted molar refractivity (Wildman–Crippen MR) is 69.2 cm³/mol. The van der Waals surface area contributed by atoms with Crippen LogP contribution in [0.25, 0.3) is 0 Å². The highest BCUT2D eigenvalue weighted by Crippen LogP contribution is 2.34. The molecule has 92 valence electrons. The lowest BCUT2D eigenvalue weighted by atomic mass is 9.95. The third-order valence-electron chi connectivity index (χ3n) is 4.06. The van der Waals surface area contributed by atoms with E-state index in [-0.39, 0.29) is 6.10 Å². The third kappa shape index (κ3) is 2.53. The van der Waals surface area contributed by atoms with Gasteiger partial charge in [0.1, 0.15) is 0 Å². The number of nitrogens with one attached hydrogen (secondary N) is 1. The van der Waals surface area contributed by atoms with Crippen molar-refractivity contribution < 1.29 is 4.74 Å². The molecule has 17 heavy (non-hydrogen) atoms. The van der Waals surface area contributed by atoms with Crippen LogP contribution in [0.1, 0.15) is 48.8 Å². The molecule has 2 nitrogen and oxygen atoms in total. The molecule has 0 radical (unpaired) electrons. The summed E-state index contributed by atoms with van der Waals surface area (Å²) in [4.78, 5) is 0. The summed E-state index contributed by atoms with van der Waals surface area (Å²) in [6, 6.07) is 9.13. The summed E-state index contributed by atoms with van der Waals surface area (Å²) in [5, 5.41) is 3.38. The number of hydrogen-bond acceptors (Lipinski definition) is 2. The molecule has 1 atom stereocenters. The molecule has 2 heteroatoms. The average molecular weight is 231 g/mol. The van der Waals surface area contributed by atoms with Gasteiger partial charge in [-0.2, -0.15) is 0 Å². The number of morpholine rings is 1. The third-order valence-corrected chi connectivity index (χ3v) is 4.06. The van der Waals surface area contributed by atoms with Crippen molar-refractivity contribution in [1.29, 1.82) is 0 Å². The molecular weight excluding hydrogens is 210 g/mol. The molecular formula is C15H21NO. The van der Waals surface area contributed by atoms with Gasteiger partial charge in [0, 0.05) is 13.1 Å². The number of rotatable bonds is 2. The zero-order valence-electron chi connectivity index (χ0n) is 10.3. The molecule has 0 spiro atoms. The summed E-state index contributed by atoms with van der Waals surface area (Å²) in [6.07, 6.45) is 5.81. The maximum absolute atomic E-state index is 5.77. The molecule has 1 heterocycles. The van der Waals surface area contributed by atoms with Gasteiger partial charge < -0.3 is 10.1 Å². The van der Waals surface area contributed by atoms with E-state index in [2.05, 4.69) is 29.6 Å². The zero-order valence-corrected chi connectivity index (χ0v) is 10.3. The zero-order chi connectivity index (χ0) is 11.5.